The van der Waals surface area contributed by atoms with Crippen LogP contribution in [-0.4, -0.2) is 22.7 Å². The summed E-state index contributed by atoms with van der Waals surface area (Å²) in [6, 6.07) is 8.73. The Balaban J connectivity index is 1.86. The van der Waals surface area contributed by atoms with Gasteiger partial charge in [0.15, 0.2) is 0 Å². The molecular weight excluding hydrogens is 312 g/mol. The number of benzene rings is 2. The number of amides is 2. The number of rotatable bonds is 2. The molecule has 0 saturated carbocycles. The van der Waals surface area contributed by atoms with Crippen molar-refractivity contribution in [2.24, 2.45) is 0 Å². The third-order valence-corrected chi connectivity index (χ3v) is 4.83. The summed E-state index contributed by atoms with van der Waals surface area (Å²) in [7, 11) is 0. The number of aryl methyl sites for hydroxylation is 1. The first-order valence-corrected chi connectivity index (χ1v) is 8.11. The highest BCUT2D eigenvalue weighted by Gasteiger charge is 2.18. The first-order valence-electron chi connectivity index (χ1n) is 7.13. The number of phenols is 1. The molecule has 5 nitrogen and oxygen atoms in total. The van der Waals surface area contributed by atoms with Gasteiger partial charge in [-0.3, -0.25) is 9.59 Å². The van der Waals surface area contributed by atoms with E-state index in [0.717, 1.165) is 10.5 Å². The summed E-state index contributed by atoms with van der Waals surface area (Å²) in [6.45, 7) is 3.55. The Bertz CT molecular complexity index is 818. The lowest BCUT2D eigenvalue weighted by molar-refractivity contribution is -0.113. The molecule has 0 atom stereocenters. The Morgan fingerprint density at radius 1 is 1.26 bits per heavy atom. The Hall–Kier alpha value is -2.47. The number of aromatic hydroxyl groups is 1. The van der Waals surface area contributed by atoms with Crippen LogP contribution in [0.15, 0.2) is 35.2 Å². The second kappa shape index (κ2) is 5.96. The van der Waals surface area contributed by atoms with Crippen LogP contribution < -0.4 is 10.6 Å². The van der Waals surface area contributed by atoms with Crippen LogP contribution in [0.3, 0.4) is 0 Å². The zero-order valence-electron chi connectivity index (χ0n) is 12.8. The van der Waals surface area contributed by atoms with Crippen molar-refractivity contribution < 1.29 is 14.7 Å². The van der Waals surface area contributed by atoms with E-state index in [2.05, 4.69) is 10.6 Å². The van der Waals surface area contributed by atoms with E-state index < -0.39 is 0 Å². The lowest BCUT2D eigenvalue weighted by Crippen LogP contribution is -2.20. The van der Waals surface area contributed by atoms with E-state index in [0.29, 0.717) is 28.3 Å². The first kappa shape index (κ1) is 15.4. The average molecular weight is 328 g/mol. The smallest absolute Gasteiger partial charge is 0.255 e. The number of carbonyl (C=O) groups is 2. The van der Waals surface area contributed by atoms with E-state index in [-0.39, 0.29) is 17.6 Å². The van der Waals surface area contributed by atoms with Gasteiger partial charge in [0.1, 0.15) is 5.75 Å². The molecule has 0 bridgehead atoms. The maximum atomic E-state index is 12.4. The molecule has 2 amide bonds. The monoisotopic (exact) mass is 328 g/mol. The zero-order valence-corrected chi connectivity index (χ0v) is 13.6. The minimum atomic E-state index is -0.288. The Morgan fingerprint density at radius 2 is 2.04 bits per heavy atom. The van der Waals surface area contributed by atoms with E-state index in [9.17, 15) is 14.7 Å². The van der Waals surface area contributed by atoms with Crippen LogP contribution in [0.4, 0.5) is 11.4 Å². The van der Waals surface area contributed by atoms with Crippen molar-refractivity contribution in [3.05, 3.63) is 47.0 Å². The molecule has 1 aliphatic heterocycles. The first-order chi connectivity index (χ1) is 11.0. The molecule has 1 heterocycles. The van der Waals surface area contributed by atoms with Gasteiger partial charge in [0.25, 0.3) is 5.91 Å². The van der Waals surface area contributed by atoms with Crippen molar-refractivity contribution >= 4 is 35.0 Å². The van der Waals surface area contributed by atoms with E-state index in [4.69, 9.17) is 0 Å². The van der Waals surface area contributed by atoms with Crippen LogP contribution in [0.25, 0.3) is 0 Å². The molecule has 2 aromatic carbocycles. The van der Waals surface area contributed by atoms with Crippen LogP contribution >= 0.6 is 11.8 Å². The second-order valence-corrected chi connectivity index (χ2v) is 6.42. The number of nitrogens with one attached hydrogen (secondary N) is 2. The molecule has 6 heteroatoms. The Morgan fingerprint density at radius 3 is 2.83 bits per heavy atom. The van der Waals surface area contributed by atoms with Gasteiger partial charge in [-0.05, 0) is 43.7 Å². The number of fused-ring (bicyclic) bond motifs is 1. The number of hydrogen-bond acceptors (Lipinski definition) is 4. The minimum Gasteiger partial charge on any atom is -0.507 e. The fraction of sp³-hybridized carbons (Fsp3) is 0.176. The standard InChI is InChI=1S/C17H16N2O3S/c1-9-3-5-12(10(2)16(9)21)19-17(22)11-4-6-14-13(7-11)18-15(20)8-23-14/h3-7,21H,8H2,1-2H3,(H,18,20)(H,19,22). The summed E-state index contributed by atoms with van der Waals surface area (Å²) < 4.78 is 0. The molecule has 3 rings (SSSR count). The summed E-state index contributed by atoms with van der Waals surface area (Å²) in [6.07, 6.45) is 0. The Kier molecular flexibility index (Phi) is 4.00. The number of carbonyl (C=O) groups excluding carboxylic acids is 2. The van der Waals surface area contributed by atoms with E-state index in [1.54, 1.807) is 38.1 Å². The van der Waals surface area contributed by atoms with Gasteiger partial charge in [-0.15, -0.1) is 11.8 Å². The largest absolute Gasteiger partial charge is 0.507 e. The van der Waals surface area contributed by atoms with E-state index >= 15 is 0 Å². The third-order valence-electron chi connectivity index (χ3n) is 3.76. The topological polar surface area (TPSA) is 78.4 Å². The molecule has 2 aromatic rings. The fourth-order valence-corrected chi connectivity index (χ4v) is 3.18. The number of anilines is 2. The van der Waals surface area contributed by atoms with Gasteiger partial charge in [0.2, 0.25) is 5.91 Å². The molecular formula is C17H16N2O3S. The summed E-state index contributed by atoms with van der Waals surface area (Å²) in [5.41, 5.74) is 3.05. The molecule has 0 aliphatic carbocycles. The van der Waals surface area contributed by atoms with Gasteiger partial charge in [0, 0.05) is 21.7 Å². The fourth-order valence-electron chi connectivity index (χ4n) is 2.39. The number of hydrogen-bond donors (Lipinski definition) is 3. The van der Waals surface area contributed by atoms with Crippen LogP contribution in [0, 0.1) is 13.8 Å². The van der Waals surface area contributed by atoms with Gasteiger partial charge >= 0.3 is 0 Å². The molecule has 23 heavy (non-hydrogen) atoms. The van der Waals surface area contributed by atoms with Gasteiger partial charge in [-0.2, -0.15) is 0 Å². The molecule has 0 fully saturated rings. The highest BCUT2D eigenvalue weighted by Crippen LogP contribution is 2.33. The zero-order chi connectivity index (χ0) is 16.6. The van der Waals surface area contributed by atoms with Crippen molar-refractivity contribution in [1.29, 1.82) is 0 Å². The predicted octanol–water partition coefficient (Wildman–Crippen LogP) is 3.31. The third kappa shape index (κ3) is 3.03. The van der Waals surface area contributed by atoms with Gasteiger partial charge in [-0.25, -0.2) is 0 Å². The molecule has 0 spiro atoms. The summed E-state index contributed by atoms with van der Waals surface area (Å²) in [5.74, 6) is 0.209. The average Bonchev–Trinajstić information content (AvgIpc) is 2.54. The van der Waals surface area contributed by atoms with Gasteiger partial charge in [0.05, 0.1) is 11.4 Å². The minimum absolute atomic E-state index is 0.0700. The van der Waals surface area contributed by atoms with Crippen LogP contribution in [0.2, 0.25) is 0 Å². The second-order valence-electron chi connectivity index (χ2n) is 5.41. The Labute approximate surface area is 138 Å². The van der Waals surface area contributed by atoms with Crippen LogP contribution in [0.1, 0.15) is 21.5 Å². The summed E-state index contributed by atoms with van der Waals surface area (Å²) in [4.78, 5) is 24.8. The maximum absolute atomic E-state index is 12.4. The molecule has 0 saturated heterocycles. The van der Waals surface area contributed by atoms with Gasteiger partial charge in [-0.1, -0.05) is 6.07 Å². The van der Waals surface area contributed by atoms with Crippen molar-refractivity contribution in [3.63, 3.8) is 0 Å². The highest BCUT2D eigenvalue weighted by molar-refractivity contribution is 8.00. The highest BCUT2D eigenvalue weighted by atomic mass is 32.2. The van der Waals surface area contributed by atoms with Crippen LogP contribution in [0.5, 0.6) is 5.75 Å². The maximum Gasteiger partial charge on any atom is 0.255 e. The van der Waals surface area contributed by atoms with Crippen LogP contribution in [-0.2, 0) is 4.79 Å². The van der Waals surface area contributed by atoms with Gasteiger partial charge < -0.3 is 15.7 Å². The molecule has 118 valence electrons. The lowest BCUT2D eigenvalue weighted by Gasteiger charge is -2.17. The SMILES string of the molecule is Cc1ccc(NC(=O)c2ccc3c(c2)NC(=O)CS3)c(C)c1O. The molecule has 0 unspecified atom stereocenters. The summed E-state index contributed by atoms with van der Waals surface area (Å²) in [5, 5.41) is 15.5. The number of phenolic OH excluding ortho intramolecular Hbond substituents is 1. The quantitative estimate of drug-likeness (QED) is 0.790. The van der Waals surface area contributed by atoms with Crippen molar-refractivity contribution in [2.75, 3.05) is 16.4 Å². The number of thioether (sulfide) groups is 1. The van der Waals surface area contributed by atoms with E-state index in [1.807, 2.05) is 6.07 Å². The molecule has 3 N–H and O–H groups in total. The van der Waals surface area contributed by atoms with E-state index in [1.165, 1.54) is 11.8 Å². The molecule has 1 aliphatic rings. The van der Waals surface area contributed by atoms with Crippen molar-refractivity contribution in [1.82, 2.24) is 0 Å². The molecule has 0 radical (unpaired) electrons. The summed E-state index contributed by atoms with van der Waals surface area (Å²) >= 11 is 1.45. The lowest BCUT2D eigenvalue weighted by atomic mass is 10.1. The predicted molar refractivity (Wildman–Crippen MR) is 91.3 cm³/mol. The van der Waals surface area contributed by atoms with Crippen molar-refractivity contribution in [2.45, 2.75) is 18.7 Å². The molecule has 0 aromatic heterocycles. The normalized spacial score (nSPS) is 13.2. The van der Waals surface area contributed by atoms with Crippen molar-refractivity contribution in [3.8, 4) is 5.75 Å².